The molecule has 1 heterocycles. The van der Waals surface area contributed by atoms with Crippen molar-refractivity contribution in [2.75, 3.05) is 5.32 Å². The maximum Gasteiger partial charge on any atom is 0.261 e. The molecule has 1 aliphatic rings. The second-order valence-corrected chi connectivity index (χ2v) is 5.94. The van der Waals surface area contributed by atoms with Gasteiger partial charge < -0.3 is 10.1 Å². The molecule has 2 amide bonds. The highest BCUT2D eigenvalue weighted by Gasteiger charge is 2.29. The zero-order valence-electron chi connectivity index (χ0n) is 13.9. The van der Waals surface area contributed by atoms with Gasteiger partial charge in [-0.1, -0.05) is 36.4 Å². The number of amides is 2. The molecule has 26 heavy (non-hydrogen) atoms. The third kappa shape index (κ3) is 3.15. The average molecular weight is 344 g/mol. The van der Waals surface area contributed by atoms with Crippen LogP contribution < -0.4 is 15.4 Å². The van der Waals surface area contributed by atoms with Gasteiger partial charge in [-0.25, -0.2) is 0 Å². The Labute approximate surface area is 150 Å². The van der Waals surface area contributed by atoms with Crippen LogP contribution in [0.2, 0.25) is 0 Å². The number of carbonyl (C=O) groups is 2. The molecule has 2 N–H and O–H groups in total. The summed E-state index contributed by atoms with van der Waals surface area (Å²) in [6.45, 7) is 0.502. The zero-order chi connectivity index (χ0) is 17.9. The summed E-state index contributed by atoms with van der Waals surface area (Å²) in [5.74, 6) is 0.0137. The van der Waals surface area contributed by atoms with Gasteiger partial charge in [-0.3, -0.25) is 14.9 Å². The Hall–Kier alpha value is -3.60. The number of nitrogens with one attached hydrogen (secondary N) is 2. The van der Waals surface area contributed by atoms with Crippen LogP contribution in [0.4, 0.5) is 11.4 Å². The number of ether oxygens (including phenoxy) is 1. The van der Waals surface area contributed by atoms with Crippen molar-refractivity contribution in [1.29, 1.82) is 0 Å². The normalized spacial score (nSPS) is 12.5. The monoisotopic (exact) mass is 344 g/mol. The lowest BCUT2D eigenvalue weighted by atomic mass is 10.1. The lowest BCUT2D eigenvalue weighted by molar-refractivity contribution is 0.0880. The first-order chi connectivity index (χ1) is 12.7. The molecule has 0 atom stereocenters. The van der Waals surface area contributed by atoms with Crippen LogP contribution in [-0.2, 0) is 6.61 Å². The van der Waals surface area contributed by atoms with Crippen LogP contribution in [0, 0.1) is 0 Å². The number of fused-ring (bicyclic) bond motifs is 1. The maximum absolute atomic E-state index is 12.0. The molecule has 0 aliphatic carbocycles. The highest BCUT2D eigenvalue weighted by molar-refractivity contribution is 6.24. The minimum atomic E-state index is -0.379. The van der Waals surface area contributed by atoms with Gasteiger partial charge in [0.25, 0.3) is 11.8 Å². The van der Waals surface area contributed by atoms with Crippen LogP contribution in [0.3, 0.4) is 0 Å². The number of imide groups is 1. The average Bonchev–Trinajstić information content (AvgIpc) is 2.97. The summed E-state index contributed by atoms with van der Waals surface area (Å²) >= 11 is 0. The summed E-state index contributed by atoms with van der Waals surface area (Å²) in [5, 5.41) is 5.50. The first-order valence-corrected chi connectivity index (χ1v) is 8.23. The van der Waals surface area contributed by atoms with Gasteiger partial charge in [0, 0.05) is 5.69 Å². The first-order valence-electron chi connectivity index (χ1n) is 8.23. The smallest absolute Gasteiger partial charge is 0.261 e. The number of hydrogen-bond donors (Lipinski definition) is 2. The van der Waals surface area contributed by atoms with Crippen molar-refractivity contribution < 1.29 is 14.3 Å². The van der Waals surface area contributed by atoms with Gasteiger partial charge >= 0.3 is 0 Å². The molecular weight excluding hydrogens is 328 g/mol. The molecule has 5 nitrogen and oxygen atoms in total. The Morgan fingerprint density at radius 1 is 0.808 bits per heavy atom. The molecule has 128 valence electrons. The molecule has 0 spiro atoms. The van der Waals surface area contributed by atoms with Crippen molar-refractivity contribution in [1.82, 2.24) is 5.32 Å². The Balaban J connectivity index is 1.47. The molecule has 0 saturated heterocycles. The van der Waals surface area contributed by atoms with Crippen LogP contribution in [0.25, 0.3) is 0 Å². The maximum atomic E-state index is 12.0. The van der Waals surface area contributed by atoms with Crippen LogP contribution in [0.1, 0.15) is 26.3 Å². The van der Waals surface area contributed by atoms with Crippen molar-refractivity contribution in [2.24, 2.45) is 0 Å². The number of hydrogen-bond acceptors (Lipinski definition) is 4. The lowest BCUT2D eigenvalue weighted by Crippen LogP contribution is -2.20. The van der Waals surface area contributed by atoms with E-state index in [0.29, 0.717) is 23.4 Å². The van der Waals surface area contributed by atoms with E-state index in [-0.39, 0.29) is 11.8 Å². The predicted molar refractivity (Wildman–Crippen MR) is 98.7 cm³/mol. The van der Waals surface area contributed by atoms with Crippen LogP contribution >= 0.6 is 0 Å². The number of benzene rings is 3. The molecule has 5 heteroatoms. The third-order valence-electron chi connectivity index (χ3n) is 4.14. The van der Waals surface area contributed by atoms with Crippen LogP contribution in [-0.4, -0.2) is 11.8 Å². The van der Waals surface area contributed by atoms with Crippen molar-refractivity contribution in [3.63, 3.8) is 0 Å². The largest absolute Gasteiger partial charge is 0.489 e. The highest BCUT2D eigenvalue weighted by atomic mass is 16.5. The molecule has 4 rings (SSSR count). The van der Waals surface area contributed by atoms with Crippen molar-refractivity contribution in [3.8, 4) is 5.75 Å². The molecule has 0 unspecified atom stereocenters. The molecule has 0 bridgehead atoms. The molecular formula is C21H16N2O3. The molecule has 0 fully saturated rings. The van der Waals surface area contributed by atoms with Gasteiger partial charge in [-0.15, -0.1) is 0 Å². The second kappa shape index (κ2) is 6.72. The number of rotatable bonds is 5. The molecule has 0 aromatic heterocycles. The van der Waals surface area contributed by atoms with E-state index in [1.54, 1.807) is 18.2 Å². The predicted octanol–water partition coefficient (Wildman–Crippen LogP) is 3.89. The summed E-state index contributed by atoms with van der Waals surface area (Å²) in [6, 6.07) is 22.6. The van der Waals surface area contributed by atoms with E-state index in [1.165, 1.54) is 0 Å². The van der Waals surface area contributed by atoms with E-state index in [2.05, 4.69) is 10.6 Å². The van der Waals surface area contributed by atoms with Gasteiger partial charge in [0.15, 0.2) is 0 Å². The van der Waals surface area contributed by atoms with Gasteiger partial charge in [0.1, 0.15) is 12.4 Å². The summed E-state index contributed by atoms with van der Waals surface area (Å²) in [6.07, 6.45) is 0. The SMILES string of the molecule is O=C1NC(=O)c2c(Nc3ccc(OCc4ccccc4)cc3)cccc21. The van der Waals surface area contributed by atoms with E-state index >= 15 is 0 Å². The summed E-state index contributed by atoms with van der Waals surface area (Å²) in [4.78, 5) is 23.7. The summed E-state index contributed by atoms with van der Waals surface area (Å²) < 4.78 is 5.77. The number of anilines is 2. The molecule has 0 saturated carbocycles. The molecule has 3 aromatic rings. The Kier molecular flexibility index (Phi) is 4.11. The Morgan fingerprint density at radius 3 is 2.35 bits per heavy atom. The topological polar surface area (TPSA) is 67.4 Å². The van der Waals surface area contributed by atoms with Crippen LogP contribution in [0.15, 0.2) is 72.8 Å². The highest BCUT2D eigenvalue weighted by Crippen LogP contribution is 2.28. The lowest BCUT2D eigenvalue weighted by Gasteiger charge is -2.11. The van der Waals surface area contributed by atoms with Crippen molar-refractivity contribution in [2.45, 2.75) is 6.61 Å². The van der Waals surface area contributed by atoms with E-state index in [0.717, 1.165) is 17.0 Å². The standard InChI is InChI=1S/C21H16N2O3/c24-20-17-7-4-8-18(19(17)21(25)23-20)22-15-9-11-16(12-10-15)26-13-14-5-2-1-3-6-14/h1-12,22H,13H2,(H,23,24,25). The number of carbonyl (C=O) groups excluding carboxylic acids is 2. The van der Waals surface area contributed by atoms with Gasteiger partial charge in [0.2, 0.25) is 0 Å². The van der Waals surface area contributed by atoms with Crippen molar-refractivity contribution >= 4 is 23.2 Å². The van der Waals surface area contributed by atoms with E-state index in [1.807, 2.05) is 54.6 Å². The molecule has 0 radical (unpaired) electrons. The third-order valence-corrected chi connectivity index (χ3v) is 4.14. The van der Waals surface area contributed by atoms with E-state index in [4.69, 9.17) is 4.74 Å². The quantitative estimate of drug-likeness (QED) is 0.689. The minimum absolute atomic E-state index is 0.363. The molecule has 1 aliphatic heterocycles. The van der Waals surface area contributed by atoms with Crippen LogP contribution in [0.5, 0.6) is 5.75 Å². The van der Waals surface area contributed by atoms with E-state index in [9.17, 15) is 9.59 Å². The Morgan fingerprint density at radius 2 is 1.58 bits per heavy atom. The van der Waals surface area contributed by atoms with Gasteiger partial charge in [-0.2, -0.15) is 0 Å². The minimum Gasteiger partial charge on any atom is -0.489 e. The van der Waals surface area contributed by atoms with Gasteiger partial charge in [-0.05, 0) is 42.0 Å². The first kappa shape index (κ1) is 15.9. The fraction of sp³-hybridized carbons (Fsp3) is 0.0476. The summed E-state index contributed by atoms with van der Waals surface area (Å²) in [7, 11) is 0. The molecule has 3 aromatic carbocycles. The summed E-state index contributed by atoms with van der Waals surface area (Å²) in [5.41, 5.74) is 3.27. The Bertz CT molecular complexity index is 966. The second-order valence-electron chi connectivity index (χ2n) is 5.94. The fourth-order valence-corrected chi connectivity index (χ4v) is 2.85. The van der Waals surface area contributed by atoms with Gasteiger partial charge in [0.05, 0.1) is 16.8 Å². The van der Waals surface area contributed by atoms with Crippen molar-refractivity contribution in [3.05, 3.63) is 89.5 Å². The zero-order valence-corrected chi connectivity index (χ0v) is 13.9. The van der Waals surface area contributed by atoms with E-state index < -0.39 is 0 Å². The fourth-order valence-electron chi connectivity index (χ4n) is 2.85.